The normalized spacial score (nSPS) is 25.7. The summed E-state index contributed by atoms with van der Waals surface area (Å²) in [6.45, 7) is 5.31. The average molecular weight is 393 g/mol. The Morgan fingerprint density at radius 3 is 2.61 bits per heavy atom. The van der Waals surface area contributed by atoms with Gasteiger partial charge in [-0.1, -0.05) is 0 Å². The number of carbonyl (C=O) groups excluding carboxylic acids is 2. The first-order valence-electron chi connectivity index (χ1n) is 9.95. The van der Waals surface area contributed by atoms with E-state index in [0.29, 0.717) is 44.2 Å². The number of nitrogens with zero attached hydrogens (tertiary/aromatic N) is 1. The van der Waals surface area contributed by atoms with Crippen molar-refractivity contribution in [2.75, 3.05) is 47.6 Å². The maximum absolute atomic E-state index is 13.0. The Bertz CT molecular complexity index is 731. The monoisotopic (exact) mass is 392 g/mol. The SMILES string of the molecule is CCOc1ccc(C[NH+](C)CN2C(=O)NC3(CC[NH+](C)CC3)C2=O)cc1OC. The number of urea groups is 1. The van der Waals surface area contributed by atoms with Gasteiger partial charge < -0.3 is 24.6 Å². The van der Waals surface area contributed by atoms with Gasteiger partial charge in [-0.25, -0.2) is 9.69 Å². The van der Waals surface area contributed by atoms with E-state index in [1.165, 1.54) is 9.80 Å². The van der Waals surface area contributed by atoms with Crippen LogP contribution < -0.4 is 24.6 Å². The molecule has 2 fully saturated rings. The number of ether oxygens (including phenoxy) is 2. The van der Waals surface area contributed by atoms with E-state index in [1.807, 2.05) is 32.2 Å². The molecular formula is C20H32N4O4+2. The zero-order chi connectivity index (χ0) is 20.3. The Morgan fingerprint density at radius 2 is 1.96 bits per heavy atom. The Labute approximate surface area is 166 Å². The predicted molar refractivity (Wildman–Crippen MR) is 104 cm³/mol. The number of quaternary nitrogens is 2. The second kappa shape index (κ2) is 8.36. The van der Waals surface area contributed by atoms with Crippen LogP contribution in [0, 0.1) is 0 Å². The Kier molecular flexibility index (Phi) is 6.10. The average Bonchev–Trinajstić information content (AvgIpc) is 2.90. The molecule has 3 rings (SSSR count). The molecule has 3 amide bonds. The molecule has 0 aliphatic carbocycles. The van der Waals surface area contributed by atoms with Crippen molar-refractivity contribution in [3.05, 3.63) is 23.8 Å². The summed E-state index contributed by atoms with van der Waals surface area (Å²) in [5, 5.41) is 2.97. The smallest absolute Gasteiger partial charge is 0.329 e. The molecule has 1 aromatic rings. The molecule has 0 saturated carbocycles. The molecule has 0 bridgehead atoms. The number of hydrogen-bond donors (Lipinski definition) is 3. The Morgan fingerprint density at radius 1 is 1.25 bits per heavy atom. The van der Waals surface area contributed by atoms with Gasteiger partial charge in [0.25, 0.3) is 5.91 Å². The summed E-state index contributed by atoms with van der Waals surface area (Å²) in [7, 11) is 5.72. The molecule has 28 heavy (non-hydrogen) atoms. The molecule has 0 radical (unpaired) electrons. The van der Waals surface area contributed by atoms with Crippen LogP contribution in [0.1, 0.15) is 25.3 Å². The highest BCUT2D eigenvalue weighted by molar-refractivity contribution is 6.06. The van der Waals surface area contributed by atoms with Gasteiger partial charge in [0.1, 0.15) is 12.1 Å². The number of carbonyl (C=O) groups is 2. The van der Waals surface area contributed by atoms with E-state index in [9.17, 15) is 9.59 Å². The molecule has 1 atom stereocenters. The molecule has 1 aromatic carbocycles. The molecule has 2 heterocycles. The molecule has 2 aliphatic heterocycles. The fraction of sp³-hybridized carbons (Fsp3) is 0.600. The number of imide groups is 1. The minimum Gasteiger partial charge on any atom is -0.493 e. The van der Waals surface area contributed by atoms with Crippen molar-refractivity contribution in [1.29, 1.82) is 0 Å². The molecule has 0 aromatic heterocycles. The molecule has 3 N–H and O–H groups in total. The molecule has 154 valence electrons. The van der Waals surface area contributed by atoms with Crippen LogP contribution in [0.15, 0.2) is 18.2 Å². The lowest BCUT2D eigenvalue weighted by Crippen LogP contribution is -3.11. The van der Waals surface area contributed by atoms with Crippen LogP contribution in [0.4, 0.5) is 4.79 Å². The molecule has 8 nitrogen and oxygen atoms in total. The lowest BCUT2D eigenvalue weighted by molar-refractivity contribution is -0.901. The van der Waals surface area contributed by atoms with Gasteiger partial charge in [0, 0.05) is 18.4 Å². The van der Waals surface area contributed by atoms with E-state index in [0.717, 1.165) is 23.6 Å². The lowest BCUT2D eigenvalue weighted by Gasteiger charge is -2.33. The summed E-state index contributed by atoms with van der Waals surface area (Å²) in [6, 6.07) is 5.56. The van der Waals surface area contributed by atoms with Crippen molar-refractivity contribution in [1.82, 2.24) is 10.2 Å². The van der Waals surface area contributed by atoms with Gasteiger partial charge in [-0.05, 0) is 25.1 Å². The third-order valence-corrected chi connectivity index (χ3v) is 5.66. The largest absolute Gasteiger partial charge is 0.493 e. The Hall–Kier alpha value is -2.32. The molecule has 1 spiro atoms. The molecule has 8 heteroatoms. The molecule has 2 aliphatic rings. The van der Waals surface area contributed by atoms with Gasteiger partial charge >= 0.3 is 6.03 Å². The maximum atomic E-state index is 13.0. The van der Waals surface area contributed by atoms with Crippen LogP contribution in [0.5, 0.6) is 11.5 Å². The van der Waals surface area contributed by atoms with Crippen LogP contribution in [0.2, 0.25) is 0 Å². The van der Waals surface area contributed by atoms with Gasteiger partial charge in [0.2, 0.25) is 0 Å². The van der Waals surface area contributed by atoms with E-state index in [2.05, 4.69) is 12.4 Å². The van der Waals surface area contributed by atoms with E-state index in [4.69, 9.17) is 9.47 Å². The highest BCUT2D eigenvalue weighted by atomic mass is 16.5. The van der Waals surface area contributed by atoms with E-state index < -0.39 is 5.54 Å². The zero-order valence-corrected chi connectivity index (χ0v) is 17.3. The van der Waals surface area contributed by atoms with Crippen molar-refractivity contribution >= 4 is 11.9 Å². The second-order valence-corrected chi connectivity index (χ2v) is 7.91. The number of hydrogen-bond acceptors (Lipinski definition) is 4. The third-order valence-electron chi connectivity index (χ3n) is 5.66. The van der Waals surface area contributed by atoms with Crippen LogP contribution >= 0.6 is 0 Å². The van der Waals surface area contributed by atoms with E-state index in [1.54, 1.807) is 7.11 Å². The summed E-state index contributed by atoms with van der Waals surface area (Å²) in [5.41, 5.74) is 0.363. The van der Waals surface area contributed by atoms with Crippen LogP contribution in [0.3, 0.4) is 0 Å². The Balaban J connectivity index is 1.64. The number of rotatable bonds is 7. The first kappa shape index (κ1) is 20.4. The number of methoxy groups -OCH3 is 1. The first-order chi connectivity index (χ1) is 13.4. The van der Waals surface area contributed by atoms with Crippen LogP contribution in [-0.4, -0.2) is 69.9 Å². The number of benzene rings is 1. The van der Waals surface area contributed by atoms with Gasteiger partial charge in [0.05, 0.1) is 40.9 Å². The fourth-order valence-corrected chi connectivity index (χ4v) is 4.03. The molecule has 1 unspecified atom stereocenters. The summed E-state index contributed by atoms with van der Waals surface area (Å²) >= 11 is 0. The highest BCUT2D eigenvalue weighted by Crippen LogP contribution is 2.28. The maximum Gasteiger partial charge on any atom is 0.329 e. The molecular weight excluding hydrogens is 360 g/mol. The predicted octanol–water partition coefficient (Wildman–Crippen LogP) is -1.33. The third kappa shape index (κ3) is 4.07. The van der Waals surface area contributed by atoms with Gasteiger partial charge in [-0.2, -0.15) is 0 Å². The minimum absolute atomic E-state index is 0.0753. The van der Waals surface area contributed by atoms with Crippen molar-refractivity contribution in [2.24, 2.45) is 0 Å². The zero-order valence-electron chi connectivity index (χ0n) is 17.3. The van der Waals surface area contributed by atoms with Gasteiger partial charge in [-0.3, -0.25) is 4.79 Å². The fourth-order valence-electron chi connectivity index (χ4n) is 4.03. The minimum atomic E-state index is -0.695. The number of nitrogens with one attached hydrogen (secondary N) is 3. The van der Waals surface area contributed by atoms with Crippen LogP contribution in [0.25, 0.3) is 0 Å². The van der Waals surface area contributed by atoms with E-state index in [-0.39, 0.29) is 11.9 Å². The van der Waals surface area contributed by atoms with E-state index >= 15 is 0 Å². The quantitative estimate of drug-likeness (QED) is 0.503. The van der Waals surface area contributed by atoms with Crippen molar-refractivity contribution < 1.29 is 28.9 Å². The lowest BCUT2D eigenvalue weighted by atomic mass is 9.88. The topological polar surface area (TPSA) is 76.8 Å². The first-order valence-corrected chi connectivity index (χ1v) is 9.95. The van der Waals surface area contributed by atoms with Gasteiger partial charge in [0.15, 0.2) is 18.2 Å². The summed E-state index contributed by atoms with van der Waals surface area (Å²) in [4.78, 5) is 29.3. The van der Waals surface area contributed by atoms with Crippen molar-refractivity contribution in [3.8, 4) is 11.5 Å². The summed E-state index contributed by atoms with van der Waals surface area (Å²) in [5.74, 6) is 1.33. The number of piperidine rings is 1. The summed E-state index contributed by atoms with van der Waals surface area (Å²) in [6.07, 6.45) is 1.41. The standard InChI is InChI=1S/C20H30N4O4/c1-5-28-16-7-6-15(12-17(16)27-4)13-23(3)14-24-18(25)20(21-19(24)26)8-10-22(2)11-9-20/h6-7,12H,5,8-11,13-14H2,1-4H3,(H,21,26)/p+2. The number of likely N-dealkylation sites (tertiary alicyclic amines) is 1. The van der Waals surface area contributed by atoms with Crippen molar-refractivity contribution in [3.63, 3.8) is 0 Å². The number of amides is 3. The second-order valence-electron chi connectivity index (χ2n) is 7.91. The summed E-state index contributed by atoms with van der Waals surface area (Å²) < 4.78 is 11.0. The molecule has 2 saturated heterocycles. The van der Waals surface area contributed by atoms with Crippen molar-refractivity contribution in [2.45, 2.75) is 31.8 Å². The van der Waals surface area contributed by atoms with Gasteiger partial charge in [-0.15, -0.1) is 0 Å². The van der Waals surface area contributed by atoms with Crippen LogP contribution in [-0.2, 0) is 11.3 Å². The highest BCUT2D eigenvalue weighted by Gasteiger charge is 2.53.